The molecule has 27 heavy (non-hydrogen) atoms. The lowest BCUT2D eigenvalue weighted by Gasteiger charge is -2.10. The maximum atomic E-state index is 11.8. The lowest BCUT2D eigenvalue weighted by Crippen LogP contribution is -2.20. The maximum absolute atomic E-state index is 11.8. The van der Waals surface area contributed by atoms with Gasteiger partial charge in [0.15, 0.2) is 11.5 Å². The molecule has 2 amide bonds. The maximum Gasteiger partial charge on any atom is 0.240 e. The van der Waals surface area contributed by atoms with Gasteiger partial charge >= 0.3 is 0 Å². The minimum Gasteiger partial charge on any atom is -0.493 e. The van der Waals surface area contributed by atoms with E-state index in [9.17, 15) is 9.59 Å². The van der Waals surface area contributed by atoms with Crippen molar-refractivity contribution in [1.29, 1.82) is 0 Å². The summed E-state index contributed by atoms with van der Waals surface area (Å²) in [5.74, 6) is 0.526. The number of hydrogen-bond donors (Lipinski definition) is 2. The first-order valence-electron chi connectivity index (χ1n) is 8.11. The van der Waals surface area contributed by atoms with Gasteiger partial charge in [-0.1, -0.05) is 18.2 Å². The predicted molar refractivity (Wildman–Crippen MR) is 107 cm³/mol. The molecule has 2 aromatic rings. The Bertz CT molecular complexity index is 825. The van der Waals surface area contributed by atoms with E-state index in [1.807, 2.05) is 18.2 Å². The standard InChI is InChI=1S/C19H20BrN3O4/c1-26-16-11-13(10-15(20)19(16)27-2)12-21-23-18(25)9-8-17(24)22-14-6-4-3-5-7-14/h3-7,10-12H,8-9H2,1-2H3,(H,22,24)(H,23,25). The Hall–Kier alpha value is -2.87. The van der Waals surface area contributed by atoms with E-state index in [1.165, 1.54) is 13.3 Å². The van der Waals surface area contributed by atoms with Gasteiger partial charge in [0, 0.05) is 18.5 Å². The van der Waals surface area contributed by atoms with Crippen LogP contribution < -0.4 is 20.2 Å². The lowest BCUT2D eigenvalue weighted by molar-refractivity contribution is -0.124. The summed E-state index contributed by atoms with van der Waals surface area (Å²) in [7, 11) is 3.08. The van der Waals surface area contributed by atoms with Crippen molar-refractivity contribution in [3.05, 3.63) is 52.5 Å². The minimum atomic E-state index is -0.353. The molecule has 0 bridgehead atoms. The Kier molecular flexibility index (Phi) is 7.81. The van der Waals surface area contributed by atoms with Gasteiger partial charge in [-0.2, -0.15) is 5.10 Å². The number of rotatable bonds is 8. The second-order valence-electron chi connectivity index (χ2n) is 5.45. The molecule has 0 atom stereocenters. The number of benzene rings is 2. The third-order valence-electron chi connectivity index (χ3n) is 3.50. The number of carbonyl (C=O) groups excluding carboxylic acids is 2. The molecule has 0 fully saturated rings. The molecule has 0 radical (unpaired) electrons. The van der Waals surface area contributed by atoms with Gasteiger partial charge in [0.05, 0.1) is 24.9 Å². The SMILES string of the molecule is COc1cc(C=NNC(=O)CCC(=O)Nc2ccccc2)cc(Br)c1OC. The molecule has 0 aliphatic heterocycles. The first-order valence-corrected chi connectivity index (χ1v) is 8.91. The first-order chi connectivity index (χ1) is 13.0. The lowest BCUT2D eigenvalue weighted by atomic mass is 10.2. The molecule has 0 aliphatic carbocycles. The van der Waals surface area contributed by atoms with E-state index in [0.717, 1.165) is 0 Å². The number of ether oxygens (including phenoxy) is 2. The number of nitrogens with zero attached hydrogens (tertiary/aromatic N) is 1. The number of carbonyl (C=O) groups is 2. The number of methoxy groups -OCH3 is 2. The van der Waals surface area contributed by atoms with Crippen molar-refractivity contribution in [2.45, 2.75) is 12.8 Å². The fourth-order valence-electron chi connectivity index (χ4n) is 2.22. The van der Waals surface area contributed by atoms with Crippen molar-refractivity contribution in [1.82, 2.24) is 5.43 Å². The third kappa shape index (κ3) is 6.41. The zero-order valence-electron chi connectivity index (χ0n) is 15.0. The molecule has 2 rings (SSSR count). The van der Waals surface area contributed by atoms with Crippen molar-refractivity contribution < 1.29 is 19.1 Å². The summed E-state index contributed by atoms with van der Waals surface area (Å²) in [6.45, 7) is 0. The van der Waals surface area contributed by atoms with Gasteiger partial charge in [-0.05, 0) is 45.8 Å². The van der Waals surface area contributed by atoms with Gasteiger partial charge in [0.1, 0.15) is 0 Å². The molecular formula is C19H20BrN3O4. The van der Waals surface area contributed by atoms with Crippen LogP contribution in [0.2, 0.25) is 0 Å². The van der Waals surface area contributed by atoms with Crippen molar-refractivity contribution >= 4 is 39.6 Å². The van der Waals surface area contributed by atoms with Crippen LogP contribution in [0.5, 0.6) is 11.5 Å². The van der Waals surface area contributed by atoms with Crippen LogP contribution in [0.25, 0.3) is 0 Å². The van der Waals surface area contributed by atoms with Gasteiger partial charge in [0.25, 0.3) is 0 Å². The van der Waals surface area contributed by atoms with Crippen LogP contribution in [0.15, 0.2) is 52.0 Å². The highest BCUT2D eigenvalue weighted by Crippen LogP contribution is 2.35. The van der Waals surface area contributed by atoms with E-state index in [0.29, 0.717) is 27.2 Å². The Morgan fingerprint density at radius 1 is 1.07 bits per heavy atom. The average molecular weight is 434 g/mol. The van der Waals surface area contributed by atoms with E-state index < -0.39 is 0 Å². The highest BCUT2D eigenvalue weighted by Gasteiger charge is 2.10. The molecule has 2 aromatic carbocycles. The monoisotopic (exact) mass is 433 g/mol. The largest absolute Gasteiger partial charge is 0.493 e. The van der Waals surface area contributed by atoms with Gasteiger partial charge < -0.3 is 14.8 Å². The average Bonchev–Trinajstić information content (AvgIpc) is 2.66. The zero-order valence-corrected chi connectivity index (χ0v) is 16.6. The molecule has 8 heteroatoms. The van der Waals surface area contributed by atoms with Crippen molar-refractivity contribution in [3.8, 4) is 11.5 Å². The van der Waals surface area contributed by atoms with Crippen LogP contribution in [0.1, 0.15) is 18.4 Å². The molecule has 0 saturated carbocycles. The van der Waals surface area contributed by atoms with E-state index in [4.69, 9.17) is 9.47 Å². The molecule has 7 nitrogen and oxygen atoms in total. The second-order valence-corrected chi connectivity index (χ2v) is 6.30. The molecule has 0 unspecified atom stereocenters. The van der Waals surface area contributed by atoms with Crippen LogP contribution in [0.3, 0.4) is 0 Å². The predicted octanol–water partition coefficient (Wildman–Crippen LogP) is 3.34. The van der Waals surface area contributed by atoms with E-state index >= 15 is 0 Å². The number of hydrogen-bond acceptors (Lipinski definition) is 5. The third-order valence-corrected chi connectivity index (χ3v) is 4.08. The quantitative estimate of drug-likeness (QED) is 0.493. The molecule has 0 spiro atoms. The molecule has 0 aromatic heterocycles. The summed E-state index contributed by atoms with van der Waals surface area (Å²) >= 11 is 3.39. The fourth-order valence-corrected chi connectivity index (χ4v) is 2.84. The number of halogens is 1. The summed E-state index contributed by atoms with van der Waals surface area (Å²) in [5, 5.41) is 6.62. The normalized spacial score (nSPS) is 10.5. The summed E-state index contributed by atoms with van der Waals surface area (Å²) < 4.78 is 11.2. The summed E-state index contributed by atoms with van der Waals surface area (Å²) in [6, 6.07) is 12.6. The Morgan fingerprint density at radius 3 is 2.44 bits per heavy atom. The van der Waals surface area contributed by atoms with Crippen LogP contribution in [0, 0.1) is 0 Å². The van der Waals surface area contributed by atoms with E-state index in [-0.39, 0.29) is 24.7 Å². The van der Waals surface area contributed by atoms with Crippen molar-refractivity contribution in [3.63, 3.8) is 0 Å². The smallest absolute Gasteiger partial charge is 0.240 e. The second kappa shape index (κ2) is 10.3. The van der Waals surface area contributed by atoms with Crippen LogP contribution in [-0.4, -0.2) is 32.2 Å². The summed E-state index contributed by atoms with van der Waals surface area (Å²) in [5.41, 5.74) is 3.80. The molecule has 2 N–H and O–H groups in total. The van der Waals surface area contributed by atoms with Crippen molar-refractivity contribution in [2.24, 2.45) is 5.10 Å². The number of anilines is 1. The number of hydrazone groups is 1. The summed E-state index contributed by atoms with van der Waals surface area (Å²) in [6.07, 6.45) is 1.58. The van der Waals surface area contributed by atoms with E-state index in [1.54, 1.807) is 31.4 Å². The minimum absolute atomic E-state index is 0.0334. The number of para-hydroxylation sites is 1. The van der Waals surface area contributed by atoms with Gasteiger partial charge in [-0.3, -0.25) is 9.59 Å². The van der Waals surface area contributed by atoms with Crippen molar-refractivity contribution in [2.75, 3.05) is 19.5 Å². The number of amides is 2. The van der Waals surface area contributed by atoms with Crippen LogP contribution >= 0.6 is 15.9 Å². The summed E-state index contributed by atoms with van der Waals surface area (Å²) in [4.78, 5) is 23.6. The van der Waals surface area contributed by atoms with Gasteiger partial charge in [-0.25, -0.2) is 5.43 Å². The fraction of sp³-hybridized carbons (Fsp3) is 0.211. The molecule has 0 heterocycles. The first kappa shape index (κ1) is 20.4. The zero-order chi connectivity index (χ0) is 19.6. The Labute approximate surface area is 165 Å². The van der Waals surface area contributed by atoms with Gasteiger partial charge in [-0.15, -0.1) is 0 Å². The highest BCUT2D eigenvalue weighted by atomic mass is 79.9. The number of nitrogens with one attached hydrogen (secondary N) is 2. The van der Waals surface area contributed by atoms with E-state index in [2.05, 4.69) is 31.8 Å². The topological polar surface area (TPSA) is 89.0 Å². The van der Waals surface area contributed by atoms with Gasteiger partial charge in [0.2, 0.25) is 11.8 Å². The van der Waals surface area contributed by atoms with Crippen LogP contribution in [0.4, 0.5) is 5.69 Å². The molecule has 0 aliphatic rings. The highest BCUT2D eigenvalue weighted by molar-refractivity contribution is 9.10. The Morgan fingerprint density at radius 2 is 1.78 bits per heavy atom. The molecule has 142 valence electrons. The molecule has 0 saturated heterocycles. The Balaban J connectivity index is 1.83. The van der Waals surface area contributed by atoms with Crippen LogP contribution in [-0.2, 0) is 9.59 Å². The molecular weight excluding hydrogens is 414 g/mol.